The number of aliphatic hydroxyl groups is 1. The second kappa shape index (κ2) is 4.93. The van der Waals surface area contributed by atoms with E-state index in [1.807, 2.05) is 12.1 Å². The number of rotatable bonds is 3. The Morgan fingerprint density at radius 2 is 1.68 bits per heavy atom. The fourth-order valence-electron chi connectivity index (χ4n) is 3.56. The van der Waals surface area contributed by atoms with E-state index in [2.05, 4.69) is 11.0 Å². The minimum atomic E-state index is -0.131. The van der Waals surface area contributed by atoms with E-state index >= 15 is 0 Å². The zero-order valence-electron chi connectivity index (χ0n) is 11.5. The highest BCUT2D eigenvalue weighted by atomic mass is 16.5. The first-order chi connectivity index (χ1) is 9.22. The van der Waals surface area contributed by atoms with Gasteiger partial charge >= 0.3 is 0 Å². The summed E-state index contributed by atoms with van der Waals surface area (Å²) in [7, 11) is 3.31. The average molecular weight is 263 g/mol. The Hall–Kier alpha value is -1.42. The molecule has 2 fully saturated rings. The molecule has 2 aliphatic rings. The van der Waals surface area contributed by atoms with E-state index in [0.717, 1.165) is 24.3 Å². The number of benzene rings is 1. The summed E-state index contributed by atoms with van der Waals surface area (Å²) in [6.07, 6.45) is 3.98. The average Bonchev–Trinajstić information content (AvgIpc) is 2.70. The molecule has 2 atom stereocenters. The summed E-state index contributed by atoms with van der Waals surface area (Å²) in [5.41, 5.74) is 1.18. The second-order valence-corrected chi connectivity index (χ2v) is 5.46. The van der Waals surface area contributed by atoms with Gasteiger partial charge in [0.25, 0.3) is 0 Å². The predicted octanol–water partition coefficient (Wildman–Crippen LogP) is 2.20. The number of fused-ring (bicyclic) bond motifs is 2. The lowest BCUT2D eigenvalue weighted by atomic mass is 9.99. The maximum absolute atomic E-state index is 9.87. The highest BCUT2D eigenvalue weighted by molar-refractivity contribution is 5.58. The fourth-order valence-corrected chi connectivity index (χ4v) is 3.56. The molecule has 2 saturated heterocycles. The molecule has 0 saturated carbocycles. The molecular weight excluding hydrogens is 242 g/mol. The van der Waals surface area contributed by atoms with Crippen molar-refractivity contribution in [3.63, 3.8) is 0 Å². The second-order valence-electron chi connectivity index (χ2n) is 5.46. The lowest BCUT2D eigenvalue weighted by molar-refractivity contribution is 0.126. The molecule has 0 aromatic heterocycles. The Balaban J connectivity index is 1.90. The third kappa shape index (κ3) is 2.14. The first-order valence-corrected chi connectivity index (χ1v) is 6.91. The molecule has 4 nitrogen and oxygen atoms in total. The van der Waals surface area contributed by atoms with Crippen molar-refractivity contribution in [1.82, 2.24) is 0 Å². The number of ether oxygens (including phenoxy) is 2. The molecule has 2 heterocycles. The van der Waals surface area contributed by atoms with Crippen LogP contribution < -0.4 is 14.4 Å². The topological polar surface area (TPSA) is 41.9 Å². The van der Waals surface area contributed by atoms with E-state index in [1.165, 1.54) is 18.5 Å². The molecule has 1 N–H and O–H groups in total. The lowest BCUT2D eigenvalue weighted by Gasteiger charge is -2.39. The minimum absolute atomic E-state index is 0.131. The van der Waals surface area contributed by atoms with Crippen molar-refractivity contribution in [1.29, 1.82) is 0 Å². The first-order valence-electron chi connectivity index (χ1n) is 6.91. The summed E-state index contributed by atoms with van der Waals surface area (Å²) in [5, 5.41) is 9.87. The van der Waals surface area contributed by atoms with Crippen LogP contribution in [0.2, 0.25) is 0 Å². The molecule has 0 amide bonds. The Morgan fingerprint density at radius 1 is 1.05 bits per heavy atom. The molecule has 0 aliphatic carbocycles. The largest absolute Gasteiger partial charge is 0.493 e. The van der Waals surface area contributed by atoms with Crippen LogP contribution in [0.25, 0.3) is 0 Å². The smallest absolute Gasteiger partial charge is 0.162 e. The van der Waals surface area contributed by atoms with Gasteiger partial charge in [0.15, 0.2) is 11.5 Å². The Morgan fingerprint density at radius 3 is 2.26 bits per heavy atom. The molecule has 2 unspecified atom stereocenters. The van der Waals surface area contributed by atoms with Gasteiger partial charge in [0.05, 0.1) is 20.3 Å². The lowest BCUT2D eigenvalue weighted by Crippen LogP contribution is -2.44. The summed E-state index contributed by atoms with van der Waals surface area (Å²) in [5.74, 6) is 1.53. The maximum atomic E-state index is 9.87. The monoisotopic (exact) mass is 263 g/mol. The van der Waals surface area contributed by atoms with Crippen LogP contribution >= 0.6 is 0 Å². The molecule has 2 bridgehead atoms. The first kappa shape index (κ1) is 12.6. The Labute approximate surface area is 113 Å². The number of anilines is 1. The highest BCUT2D eigenvalue weighted by Crippen LogP contribution is 2.41. The number of aliphatic hydroxyl groups excluding tert-OH is 1. The van der Waals surface area contributed by atoms with Crippen LogP contribution in [0.5, 0.6) is 11.5 Å². The van der Waals surface area contributed by atoms with Crippen LogP contribution in [-0.2, 0) is 0 Å². The van der Waals surface area contributed by atoms with Crippen LogP contribution in [0.1, 0.15) is 25.7 Å². The van der Waals surface area contributed by atoms with Crippen LogP contribution in [0.3, 0.4) is 0 Å². The summed E-state index contributed by atoms with van der Waals surface area (Å²) in [6, 6.07) is 7.02. The van der Waals surface area contributed by atoms with E-state index in [0.29, 0.717) is 12.1 Å². The number of hydrogen-bond donors (Lipinski definition) is 1. The molecule has 1 aromatic rings. The van der Waals surface area contributed by atoms with Crippen LogP contribution in [0.4, 0.5) is 5.69 Å². The molecule has 19 heavy (non-hydrogen) atoms. The minimum Gasteiger partial charge on any atom is -0.493 e. The van der Waals surface area contributed by atoms with Crippen LogP contribution in [0.15, 0.2) is 18.2 Å². The van der Waals surface area contributed by atoms with E-state index in [9.17, 15) is 5.11 Å². The fraction of sp³-hybridized carbons (Fsp3) is 0.600. The summed E-state index contributed by atoms with van der Waals surface area (Å²) < 4.78 is 10.7. The predicted molar refractivity (Wildman–Crippen MR) is 74.1 cm³/mol. The van der Waals surface area contributed by atoms with E-state index < -0.39 is 0 Å². The number of piperidine rings is 1. The summed E-state index contributed by atoms with van der Waals surface area (Å²) in [6.45, 7) is 0. The molecule has 2 aliphatic heterocycles. The third-order valence-corrected chi connectivity index (χ3v) is 4.37. The van der Waals surface area contributed by atoms with Crippen molar-refractivity contribution < 1.29 is 14.6 Å². The Bertz CT molecular complexity index is 449. The normalized spacial score (nSPS) is 29.4. The molecule has 0 radical (unpaired) electrons. The molecule has 1 aromatic carbocycles. The van der Waals surface area contributed by atoms with Gasteiger partial charge in [-0.1, -0.05) is 0 Å². The van der Waals surface area contributed by atoms with Crippen molar-refractivity contribution >= 4 is 5.69 Å². The molecular formula is C15H21NO3. The zero-order valence-corrected chi connectivity index (χ0v) is 11.5. The zero-order chi connectivity index (χ0) is 13.4. The molecule has 3 rings (SSSR count). The van der Waals surface area contributed by atoms with Crippen molar-refractivity contribution in [2.75, 3.05) is 19.1 Å². The standard InChI is InChI=1S/C15H21NO3/c1-18-14-6-5-12(9-15(14)19-2)16-10-3-4-11(16)8-13(17)7-10/h5-6,9-11,13,17H,3-4,7-8H2,1-2H3. The number of methoxy groups -OCH3 is 2. The van der Waals surface area contributed by atoms with E-state index in [4.69, 9.17) is 9.47 Å². The summed E-state index contributed by atoms with van der Waals surface area (Å²) in [4.78, 5) is 2.45. The molecule has 104 valence electrons. The molecule has 0 spiro atoms. The van der Waals surface area contributed by atoms with Gasteiger partial charge in [0, 0.05) is 23.8 Å². The number of nitrogens with zero attached hydrogens (tertiary/aromatic N) is 1. The SMILES string of the molecule is COc1ccc(N2C3CCC2CC(O)C3)cc1OC. The quantitative estimate of drug-likeness (QED) is 0.907. The van der Waals surface area contributed by atoms with E-state index in [1.54, 1.807) is 14.2 Å². The van der Waals surface area contributed by atoms with Gasteiger partial charge in [-0.2, -0.15) is 0 Å². The maximum Gasteiger partial charge on any atom is 0.162 e. The van der Waals surface area contributed by atoms with Gasteiger partial charge in [-0.15, -0.1) is 0 Å². The third-order valence-electron chi connectivity index (χ3n) is 4.37. The van der Waals surface area contributed by atoms with Gasteiger partial charge in [-0.05, 0) is 37.8 Å². The van der Waals surface area contributed by atoms with E-state index in [-0.39, 0.29) is 6.10 Å². The van der Waals surface area contributed by atoms with Gasteiger partial charge < -0.3 is 19.5 Å². The van der Waals surface area contributed by atoms with Gasteiger partial charge in [-0.3, -0.25) is 0 Å². The Kier molecular flexibility index (Phi) is 3.27. The number of hydrogen-bond acceptors (Lipinski definition) is 4. The van der Waals surface area contributed by atoms with Crippen LogP contribution in [0, 0.1) is 0 Å². The van der Waals surface area contributed by atoms with Crippen molar-refractivity contribution in [2.45, 2.75) is 43.9 Å². The molecule has 4 heteroatoms. The summed E-state index contributed by atoms with van der Waals surface area (Å²) >= 11 is 0. The van der Waals surface area contributed by atoms with Crippen molar-refractivity contribution in [3.8, 4) is 11.5 Å². The highest BCUT2D eigenvalue weighted by Gasteiger charge is 2.40. The van der Waals surface area contributed by atoms with Crippen molar-refractivity contribution in [2.24, 2.45) is 0 Å². The van der Waals surface area contributed by atoms with Crippen molar-refractivity contribution in [3.05, 3.63) is 18.2 Å². The van der Waals surface area contributed by atoms with Gasteiger partial charge in [0.2, 0.25) is 0 Å². The van der Waals surface area contributed by atoms with Gasteiger partial charge in [0.1, 0.15) is 0 Å². The van der Waals surface area contributed by atoms with Crippen LogP contribution in [-0.4, -0.2) is 37.5 Å². The van der Waals surface area contributed by atoms with Gasteiger partial charge in [-0.25, -0.2) is 0 Å².